The number of benzene rings is 1. The van der Waals surface area contributed by atoms with Crippen molar-refractivity contribution >= 4 is 5.91 Å². The summed E-state index contributed by atoms with van der Waals surface area (Å²) in [5.74, 6) is 0.859. The lowest BCUT2D eigenvalue weighted by Gasteiger charge is -2.43. The number of hydrogen-bond acceptors (Lipinski definition) is 2. The van der Waals surface area contributed by atoms with Gasteiger partial charge in [0.2, 0.25) is 5.91 Å². The fourth-order valence-corrected chi connectivity index (χ4v) is 4.12. The number of rotatable bonds is 2. The number of carbonyl (C=O) groups is 1. The van der Waals surface area contributed by atoms with Gasteiger partial charge in [-0.1, -0.05) is 45.0 Å². The second-order valence-electron chi connectivity index (χ2n) is 9.07. The van der Waals surface area contributed by atoms with Crippen molar-refractivity contribution in [2.24, 2.45) is 5.92 Å². The third kappa shape index (κ3) is 3.66. The van der Waals surface area contributed by atoms with E-state index in [1.54, 1.807) is 0 Å². The van der Waals surface area contributed by atoms with Crippen molar-refractivity contribution in [3.05, 3.63) is 35.4 Å². The molecule has 1 N–H and O–H groups in total. The zero-order valence-corrected chi connectivity index (χ0v) is 15.5. The first-order valence-electron chi connectivity index (χ1n) is 9.27. The normalized spacial score (nSPS) is 28.5. The Bertz CT molecular complexity index is 581. The molecule has 3 heteroatoms. The summed E-state index contributed by atoms with van der Waals surface area (Å²) in [6.45, 7) is 10.2. The van der Waals surface area contributed by atoms with Crippen LogP contribution in [0.2, 0.25) is 0 Å². The lowest BCUT2D eigenvalue weighted by atomic mass is 9.71. The van der Waals surface area contributed by atoms with Crippen LogP contribution >= 0.6 is 0 Å². The van der Waals surface area contributed by atoms with Gasteiger partial charge in [-0.2, -0.15) is 0 Å². The molecule has 24 heavy (non-hydrogen) atoms. The molecular weight excluding hydrogens is 298 g/mol. The summed E-state index contributed by atoms with van der Waals surface area (Å²) in [6.07, 6.45) is 3.34. The van der Waals surface area contributed by atoms with Gasteiger partial charge in [0.05, 0.1) is 5.60 Å². The van der Waals surface area contributed by atoms with E-state index in [1.165, 1.54) is 11.1 Å². The summed E-state index contributed by atoms with van der Waals surface area (Å²) in [4.78, 5) is 14.5. The van der Waals surface area contributed by atoms with Crippen LogP contribution in [-0.2, 0) is 10.2 Å². The highest BCUT2D eigenvalue weighted by atomic mass is 16.3. The first kappa shape index (κ1) is 17.5. The monoisotopic (exact) mass is 329 g/mol. The van der Waals surface area contributed by atoms with E-state index in [0.29, 0.717) is 18.8 Å². The minimum atomic E-state index is -0.618. The molecule has 1 saturated heterocycles. The van der Waals surface area contributed by atoms with Gasteiger partial charge in [-0.05, 0) is 55.1 Å². The Balaban J connectivity index is 1.54. The van der Waals surface area contributed by atoms with Crippen LogP contribution in [-0.4, -0.2) is 34.6 Å². The average Bonchev–Trinajstić information content (AvgIpc) is 2.51. The van der Waals surface area contributed by atoms with Gasteiger partial charge in [0.1, 0.15) is 0 Å². The van der Waals surface area contributed by atoms with Crippen LogP contribution in [0.1, 0.15) is 70.4 Å². The topological polar surface area (TPSA) is 40.5 Å². The molecule has 3 rings (SSSR count). The second-order valence-corrected chi connectivity index (χ2v) is 9.07. The lowest BCUT2D eigenvalue weighted by molar-refractivity contribution is -0.150. The van der Waals surface area contributed by atoms with Crippen LogP contribution in [0.25, 0.3) is 0 Å². The van der Waals surface area contributed by atoms with E-state index < -0.39 is 5.60 Å². The lowest BCUT2D eigenvalue weighted by Crippen LogP contribution is -2.51. The quantitative estimate of drug-likeness (QED) is 0.895. The van der Waals surface area contributed by atoms with E-state index in [0.717, 1.165) is 25.9 Å². The molecular formula is C21H31NO2. The van der Waals surface area contributed by atoms with E-state index in [2.05, 4.69) is 45.0 Å². The Labute approximate surface area is 146 Å². The number of likely N-dealkylation sites (tertiary alicyclic amines) is 1. The van der Waals surface area contributed by atoms with Crippen molar-refractivity contribution in [3.8, 4) is 0 Å². The van der Waals surface area contributed by atoms with Crippen LogP contribution in [0.15, 0.2) is 24.3 Å². The second kappa shape index (κ2) is 6.18. The smallest absolute Gasteiger partial charge is 0.225 e. The predicted molar refractivity (Wildman–Crippen MR) is 97.0 cm³/mol. The molecule has 0 unspecified atom stereocenters. The molecule has 0 spiro atoms. The molecule has 2 aliphatic rings. The zero-order chi connectivity index (χ0) is 17.5. The number of amides is 1. The Morgan fingerprint density at radius 3 is 2.12 bits per heavy atom. The molecule has 0 atom stereocenters. The van der Waals surface area contributed by atoms with Crippen molar-refractivity contribution < 1.29 is 9.90 Å². The van der Waals surface area contributed by atoms with Gasteiger partial charge in [-0.25, -0.2) is 0 Å². The van der Waals surface area contributed by atoms with Gasteiger partial charge in [-0.15, -0.1) is 0 Å². The van der Waals surface area contributed by atoms with E-state index in [4.69, 9.17) is 0 Å². The van der Waals surface area contributed by atoms with E-state index >= 15 is 0 Å². The molecule has 1 aromatic rings. The van der Waals surface area contributed by atoms with Crippen LogP contribution in [0.5, 0.6) is 0 Å². The molecule has 1 heterocycles. The summed E-state index contributed by atoms with van der Waals surface area (Å²) < 4.78 is 0. The molecule has 132 valence electrons. The van der Waals surface area contributed by atoms with Gasteiger partial charge < -0.3 is 10.0 Å². The molecule has 1 aliphatic heterocycles. The average molecular weight is 329 g/mol. The van der Waals surface area contributed by atoms with E-state index in [1.807, 2.05) is 11.8 Å². The molecule has 3 nitrogen and oxygen atoms in total. The number of aliphatic hydroxyl groups is 1. The first-order valence-corrected chi connectivity index (χ1v) is 9.27. The fourth-order valence-electron chi connectivity index (χ4n) is 4.12. The zero-order valence-electron chi connectivity index (χ0n) is 15.5. The largest absolute Gasteiger partial charge is 0.390 e. The Kier molecular flexibility index (Phi) is 4.50. The van der Waals surface area contributed by atoms with E-state index in [-0.39, 0.29) is 17.2 Å². The summed E-state index contributed by atoms with van der Waals surface area (Å²) >= 11 is 0. The van der Waals surface area contributed by atoms with Gasteiger partial charge in [0.25, 0.3) is 0 Å². The molecule has 1 saturated carbocycles. The highest BCUT2D eigenvalue weighted by molar-refractivity contribution is 5.80. The highest BCUT2D eigenvalue weighted by Crippen LogP contribution is 2.39. The Morgan fingerprint density at radius 2 is 1.67 bits per heavy atom. The summed E-state index contributed by atoms with van der Waals surface area (Å²) in [5, 5.41) is 9.83. The van der Waals surface area contributed by atoms with Crippen molar-refractivity contribution in [2.45, 2.75) is 70.3 Å². The number of carbonyl (C=O) groups excluding carboxylic acids is 1. The highest BCUT2D eigenvalue weighted by Gasteiger charge is 2.44. The number of nitrogens with zero attached hydrogens (tertiary/aromatic N) is 1. The summed E-state index contributed by atoms with van der Waals surface area (Å²) in [6, 6.07) is 9.05. The van der Waals surface area contributed by atoms with Crippen molar-refractivity contribution in [1.29, 1.82) is 0 Å². The first-order chi connectivity index (χ1) is 11.2. The van der Waals surface area contributed by atoms with Crippen molar-refractivity contribution in [1.82, 2.24) is 4.90 Å². The Hall–Kier alpha value is -1.35. The molecule has 0 aromatic heterocycles. The standard InChI is InChI=1S/C21H31NO2/c1-20(2,3)18-7-5-15(6-8-18)16-9-11-22(12-10-16)19(23)17-13-21(4,24)14-17/h5-8,16-17,24H,9-14H2,1-4H3/t17-,21+. The maximum atomic E-state index is 12.5. The Morgan fingerprint density at radius 1 is 1.12 bits per heavy atom. The van der Waals surface area contributed by atoms with E-state index in [9.17, 15) is 9.90 Å². The molecule has 2 fully saturated rings. The van der Waals surface area contributed by atoms with Crippen molar-refractivity contribution in [3.63, 3.8) is 0 Å². The van der Waals surface area contributed by atoms with Gasteiger partial charge in [0, 0.05) is 19.0 Å². The van der Waals surface area contributed by atoms with Crippen LogP contribution in [0.3, 0.4) is 0 Å². The predicted octanol–water partition coefficient (Wildman–Crippen LogP) is 3.85. The molecule has 1 aliphatic carbocycles. The fraction of sp³-hybridized carbons (Fsp3) is 0.667. The van der Waals surface area contributed by atoms with Crippen LogP contribution < -0.4 is 0 Å². The van der Waals surface area contributed by atoms with Gasteiger partial charge >= 0.3 is 0 Å². The molecule has 1 amide bonds. The van der Waals surface area contributed by atoms with Gasteiger partial charge in [-0.3, -0.25) is 4.79 Å². The maximum absolute atomic E-state index is 12.5. The van der Waals surface area contributed by atoms with Crippen LogP contribution in [0, 0.1) is 5.92 Å². The summed E-state index contributed by atoms with van der Waals surface area (Å²) in [7, 11) is 0. The molecule has 0 bridgehead atoms. The SMILES string of the molecule is CC(C)(C)c1ccc(C2CCN(C(=O)[C@H]3C[C@@](C)(O)C3)CC2)cc1. The minimum absolute atomic E-state index is 0.0441. The molecule has 0 radical (unpaired) electrons. The third-order valence-corrected chi connectivity index (χ3v) is 5.78. The number of hydrogen-bond donors (Lipinski definition) is 1. The minimum Gasteiger partial charge on any atom is -0.390 e. The molecule has 1 aromatic carbocycles. The maximum Gasteiger partial charge on any atom is 0.225 e. The van der Waals surface area contributed by atoms with Crippen molar-refractivity contribution in [2.75, 3.05) is 13.1 Å². The number of piperidine rings is 1. The third-order valence-electron chi connectivity index (χ3n) is 5.78. The van der Waals surface area contributed by atoms with Crippen LogP contribution in [0.4, 0.5) is 0 Å². The summed E-state index contributed by atoms with van der Waals surface area (Å²) in [5.41, 5.74) is 2.35. The van der Waals surface area contributed by atoms with Gasteiger partial charge in [0.15, 0.2) is 0 Å².